The van der Waals surface area contributed by atoms with Gasteiger partial charge in [-0.15, -0.1) is 0 Å². The molecule has 5 heteroatoms. The van der Waals surface area contributed by atoms with Crippen molar-refractivity contribution in [3.8, 4) is 5.75 Å². The van der Waals surface area contributed by atoms with Gasteiger partial charge in [0.25, 0.3) is 0 Å². The second-order valence-electron chi connectivity index (χ2n) is 4.92. The van der Waals surface area contributed by atoms with Gasteiger partial charge in [-0.3, -0.25) is 4.90 Å². The van der Waals surface area contributed by atoms with Crippen molar-refractivity contribution >= 4 is 0 Å². The second kappa shape index (κ2) is 7.07. The Morgan fingerprint density at radius 3 is 2.95 bits per heavy atom. The van der Waals surface area contributed by atoms with Crippen LogP contribution in [-0.4, -0.2) is 35.2 Å². The first-order valence-corrected chi connectivity index (χ1v) is 6.73. The molecule has 0 radical (unpaired) electrons. The maximum atomic E-state index is 5.53. The Morgan fingerprint density at radius 1 is 1.35 bits per heavy atom. The first-order chi connectivity index (χ1) is 9.71. The molecule has 0 bridgehead atoms. The van der Waals surface area contributed by atoms with Crippen LogP contribution in [0.15, 0.2) is 36.8 Å². The Kier molecular flexibility index (Phi) is 5.15. The topological polar surface area (TPSA) is 56.3 Å². The molecule has 2 aromatic rings. The average Bonchev–Trinajstić information content (AvgIpc) is 2.86. The molecule has 1 aromatic carbocycles. The number of methoxy groups -OCH3 is 1. The monoisotopic (exact) mass is 274 g/mol. The van der Waals surface area contributed by atoms with E-state index in [2.05, 4.69) is 35.3 Å². The van der Waals surface area contributed by atoms with E-state index < -0.39 is 0 Å². The van der Waals surface area contributed by atoms with Crippen molar-refractivity contribution in [2.45, 2.75) is 19.6 Å². The predicted molar refractivity (Wildman–Crippen MR) is 79.4 cm³/mol. The number of nitrogens with zero attached hydrogens (tertiary/aromatic N) is 3. The summed E-state index contributed by atoms with van der Waals surface area (Å²) < 4.78 is 7.26. The van der Waals surface area contributed by atoms with E-state index in [-0.39, 0.29) is 0 Å². The van der Waals surface area contributed by atoms with Crippen LogP contribution in [0.5, 0.6) is 5.75 Å². The standard InChI is InChI=1S/C15H22N4O/c1-18(9-13-4-3-5-15(8-13)20-2)10-14-11-19(7-6-16)12-17-14/h3-5,8,11-12H,6-7,9-10,16H2,1-2H3. The molecule has 2 rings (SSSR count). The lowest BCUT2D eigenvalue weighted by Crippen LogP contribution is -2.17. The van der Waals surface area contributed by atoms with Crippen LogP contribution in [0.4, 0.5) is 0 Å². The van der Waals surface area contributed by atoms with Crippen molar-refractivity contribution in [1.29, 1.82) is 0 Å². The van der Waals surface area contributed by atoms with Crippen molar-refractivity contribution in [2.75, 3.05) is 20.7 Å². The van der Waals surface area contributed by atoms with E-state index >= 15 is 0 Å². The maximum Gasteiger partial charge on any atom is 0.119 e. The summed E-state index contributed by atoms with van der Waals surface area (Å²) in [4.78, 5) is 6.62. The zero-order chi connectivity index (χ0) is 14.4. The minimum atomic E-state index is 0.634. The molecular formula is C15H22N4O. The first-order valence-electron chi connectivity index (χ1n) is 6.73. The third-order valence-corrected chi connectivity index (χ3v) is 3.09. The lowest BCUT2D eigenvalue weighted by atomic mass is 10.2. The summed E-state index contributed by atoms with van der Waals surface area (Å²) in [7, 11) is 3.77. The zero-order valence-corrected chi connectivity index (χ0v) is 12.1. The van der Waals surface area contributed by atoms with Crippen LogP contribution >= 0.6 is 0 Å². The molecule has 0 saturated heterocycles. The number of imidazole rings is 1. The van der Waals surface area contributed by atoms with Crippen LogP contribution in [0.3, 0.4) is 0 Å². The highest BCUT2D eigenvalue weighted by molar-refractivity contribution is 5.28. The quantitative estimate of drug-likeness (QED) is 0.831. The molecule has 1 heterocycles. The van der Waals surface area contributed by atoms with Crippen molar-refractivity contribution in [1.82, 2.24) is 14.5 Å². The number of aromatic nitrogens is 2. The van der Waals surface area contributed by atoms with Crippen LogP contribution in [0.1, 0.15) is 11.3 Å². The van der Waals surface area contributed by atoms with Gasteiger partial charge in [-0.05, 0) is 24.7 Å². The molecule has 0 aliphatic rings. The predicted octanol–water partition coefficient (Wildman–Crippen LogP) is 1.48. The minimum absolute atomic E-state index is 0.634. The summed E-state index contributed by atoms with van der Waals surface area (Å²) in [6.45, 7) is 3.12. The molecule has 0 atom stereocenters. The number of hydrogen-bond donors (Lipinski definition) is 1. The largest absolute Gasteiger partial charge is 0.497 e. The van der Waals surface area contributed by atoms with Gasteiger partial charge in [-0.2, -0.15) is 0 Å². The van der Waals surface area contributed by atoms with Crippen molar-refractivity contribution in [3.63, 3.8) is 0 Å². The molecule has 1 aromatic heterocycles. The Hall–Kier alpha value is -1.85. The number of ether oxygens (including phenoxy) is 1. The van der Waals surface area contributed by atoms with Gasteiger partial charge in [0.05, 0.1) is 19.1 Å². The van der Waals surface area contributed by atoms with Crippen molar-refractivity contribution in [3.05, 3.63) is 48.0 Å². The molecule has 0 fully saturated rings. The van der Waals surface area contributed by atoms with Gasteiger partial charge in [-0.25, -0.2) is 4.98 Å². The van der Waals surface area contributed by atoms with Crippen LogP contribution < -0.4 is 10.5 Å². The summed E-state index contributed by atoms with van der Waals surface area (Å²) >= 11 is 0. The van der Waals surface area contributed by atoms with Gasteiger partial charge in [0.2, 0.25) is 0 Å². The van der Waals surface area contributed by atoms with Gasteiger partial charge < -0.3 is 15.0 Å². The summed E-state index contributed by atoms with van der Waals surface area (Å²) in [6, 6.07) is 8.13. The van der Waals surface area contributed by atoms with E-state index in [1.54, 1.807) is 7.11 Å². The fraction of sp³-hybridized carbons (Fsp3) is 0.400. The van der Waals surface area contributed by atoms with E-state index in [1.807, 2.05) is 23.0 Å². The number of hydrogen-bond acceptors (Lipinski definition) is 4. The van der Waals surface area contributed by atoms with Gasteiger partial charge in [0.15, 0.2) is 0 Å². The zero-order valence-electron chi connectivity index (χ0n) is 12.1. The number of rotatable bonds is 7. The van der Waals surface area contributed by atoms with Gasteiger partial charge in [0.1, 0.15) is 5.75 Å². The Labute approximate surface area is 120 Å². The SMILES string of the molecule is COc1cccc(CN(C)Cc2cn(CCN)cn2)c1. The second-order valence-corrected chi connectivity index (χ2v) is 4.92. The summed E-state index contributed by atoms with van der Waals surface area (Å²) in [6.07, 6.45) is 3.89. The summed E-state index contributed by atoms with van der Waals surface area (Å²) in [5, 5.41) is 0. The van der Waals surface area contributed by atoms with Crippen LogP contribution in [0.2, 0.25) is 0 Å². The molecule has 0 aliphatic heterocycles. The molecule has 0 aliphatic carbocycles. The molecule has 0 saturated carbocycles. The van der Waals surface area contributed by atoms with Gasteiger partial charge in [-0.1, -0.05) is 12.1 Å². The van der Waals surface area contributed by atoms with E-state index in [0.29, 0.717) is 6.54 Å². The molecule has 5 nitrogen and oxygen atoms in total. The summed E-state index contributed by atoms with van der Waals surface area (Å²) in [5.74, 6) is 0.892. The Balaban J connectivity index is 1.92. The van der Waals surface area contributed by atoms with E-state index in [1.165, 1.54) is 5.56 Å². The lowest BCUT2D eigenvalue weighted by Gasteiger charge is -2.15. The van der Waals surface area contributed by atoms with E-state index in [0.717, 1.165) is 31.1 Å². The molecule has 0 spiro atoms. The molecule has 20 heavy (non-hydrogen) atoms. The Morgan fingerprint density at radius 2 is 2.20 bits per heavy atom. The van der Waals surface area contributed by atoms with E-state index in [9.17, 15) is 0 Å². The molecular weight excluding hydrogens is 252 g/mol. The maximum absolute atomic E-state index is 5.53. The molecule has 108 valence electrons. The van der Waals surface area contributed by atoms with Crippen LogP contribution in [-0.2, 0) is 19.6 Å². The van der Waals surface area contributed by atoms with Crippen LogP contribution in [0, 0.1) is 0 Å². The highest BCUT2D eigenvalue weighted by Crippen LogP contribution is 2.14. The minimum Gasteiger partial charge on any atom is -0.497 e. The van der Waals surface area contributed by atoms with Gasteiger partial charge >= 0.3 is 0 Å². The third kappa shape index (κ3) is 4.08. The molecule has 0 amide bonds. The first kappa shape index (κ1) is 14.6. The summed E-state index contributed by atoms with van der Waals surface area (Å²) in [5.41, 5.74) is 7.82. The highest BCUT2D eigenvalue weighted by atomic mass is 16.5. The third-order valence-electron chi connectivity index (χ3n) is 3.09. The number of nitrogens with two attached hydrogens (primary N) is 1. The van der Waals surface area contributed by atoms with Crippen molar-refractivity contribution in [2.24, 2.45) is 5.73 Å². The average molecular weight is 274 g/mol. The van der Waals surface area contributed by atoms with E-state index in [4.69, 9.17) is 10.5 Å². The smallest absolute Gasteiger partial charge is 0.119 e. The fourth-order valence-corrected chi connectivity index (χ4v) is 2.17. The molecule has 2 N–H and O–H groups in total. The fourth-order valence-electron chi connectivity index (χ4n) is 2.17. The normalized spacial score (nSPS) is 11.0. The molecule has 0 unspecified atom stereocenters. The highest BCUT2D eigenvalue weighted by Gasteiger charge is 2.05. The lowest BCUT2D eigenvalue weighted by molar-refractivity contribution is 0.314. The van der Waals surface area contributed by atoms with Crippen LogP contribution in [0.25, 0.3) is 0 Å². The van der Waals surface area contributed by atoms with Gasteiger partial charge in [0, 0.05) is 32.4 Å². The number of benzene rings is 1. The van der Waals surface area contributed by atoms with Crippen molar-refractivity contribution < 1.29 is 4.74 Å². The Bertz CT molecular complexity index is 538.